The molecule has 1 fully saturated rings. The van der Waals surface area contributed by atoms with Gasteiger partial charge in [0.1, 0.15) is 0 Å². The van der Waals surface area contributed by atoms with Gasteiger partial charge in [-0.1, -0.05) is 25.1 Å². The Labute approximate surface area is 129 Å². The molecule has 1 aromatic rings. The van der Waals surface area contributed by atoms with Gasteiger partial charge in [0.15, 0.2) is 0 Å². The Balaban J connectivity index is 1.73. The average Bonchev–Trinajstić information content (AvgIpc) is 2.69. The smallest absolute Gasteiger partial charge is 0.0376 e. The molecular weight excluding hydrogens is 258 g/mol. The molecule has 1 saturated heterocycles. The van der Waals surface area contributed by atoms with E-state index in [1.807, 2.05) is 0 Å². The Morgan fingerprint density at radius 1 is 1.24 bits per heavy atom. The van der Waals surface area contributed by atoms with Gasteiger partial charge < -0.3 is 10.2 Å². The predicted octanol–water partition coefficient (Wildman–Crippen LogP) is 3.00. The second kappa shape index (κ2) is 6.80. The summed E-state index contributed by atoms with van der Waals surface area (Å²) >= 11 is 0. The number of nitrogens with one attached hydrogen (secondary N) is 1. The first-order chi connectivity index (χ1) is 10.3. The predicted molar refractivity (Wildman–Crippen MR) is 90.1 cm³/mol. The van der Waals surface area contributed by atoms with Gasteiger partial charge in [-0.25, -0.2) is 0 Å². The lowest BCUT2D eigenvalue weighted by atomic mass is 9.90. The van der Waals surface area contributed by atoms with Gasteiger partial charge in [0.25, 0.3) is 0 Å². The second-order valence-electron chi connectivity index (χ2n) is 6.67. The molecular formula is C18H29N3. The van der Waals surface area contributed by atoms with E-state index in [1.54, 1.807) is 0 Å². The number of benzene rings is 1. The highest BCUT2D eigenvalue weighted by molar-refractivity contribution is 5.54. The first-order valence-electron chi connectivity index (χ1n) is 8.53. The monoisotopic (exact) mass is 287 g/mol. The molecule has 0 saturated carbocycles. The van der Waals surface area contributed by atoms with Gasteiger partial charge in [0, 0.05) is 37.3 Å². The summed E-state index contributed by atoms with van der Waals surface area (Å²) in [5.74, 6) is 0.694. The van der Waals surface area contributed by atoms with Crippen LogP contribution in [0.4, 0.5) is 5.69 Å². The molecule has 2 heterocycles. The largest absolute Gasteiger partial charge is 0.385 e. The van der Waals surface area contributed by atoms with E-state index in [2.05, 4.69) is 53.4 Å². The van der Waals surface area contributed by atoms with Crippen LogP contribution >= 0.6 is 0 Å². The van der Waals surface area contributed by atoms with Crippen molar-refractivity contribution < 1.29 is 0 Å². The molecule has 0 radical (unpaired) electrons. The topological polar surface area (TPSA) is 18.5 Å². The molecule has 2 aliphatic rings. The zero-order chi connectivity index (χ0) is 14.7. The molecule has 2 aliphatic heterocycles. The molecule has 2 atom stereocenters. The summed E-state index contributed by atoms with van der Waals surface area (Å²) in [7, 11) is 2.27. The number of rotatable bonds is 3. The van der Waals surface area contributed by atoms with Crippen LogP contribution in [0.1, 0.15) is 37.7 Å². The van der Waals surface area contributed by atoms with Crippen molar-refractivity contribution in [3.05, 3.63) is 29.8 Å². The van der Waals surface area contributed by atoms with E-state index in [4.69, 9.17) is 0 Å². The molecule has 3 nitrogen and oxygen atoms in total. The highest BCUT2D eigenvalue weighted by atomic mass is 15.2. The summed E-state index contributed by atoms with van der Waals surface area (Å²) < 4.78 is 0. The Morgan fingerprint density at radius 2 is 2.10 bits per heavy atom. The van der Waals surface area contributed by atoms with Crippen LogP contribution in [0.2, 0.25) is 0 Å². The minimum atomic E-state index is 0.694. The summed E-state index contributed by atoms with van der Waals surface area (Å²) in [6.07, 6.45) is 3.83. The normalized spacial score (nSPS) is 27.7. The van der Waals surface area contributed by atoms with E-state index in [0.717, 1.165) is 12.6 Å². The van der Waals surface area contributed by atoms with Crippen molar-refractivity contribution in [2.45, 2.75) is 38.1 Å². The van der Waals surface area contributed by atoms with E-state index in [1.165, 1.54) is 56.7 Å². The maximum absolute atomic E-state index is 3.55. The van der Waals surface area contributed by atoms with E-state index in [0.29, 0.717) is 5.92 Å². The highest BCUT2D eigenvalue weighted by Gasteiger charge is 2.27. The fourth-order valence-corrected chi connectivity index (χ4v) is 3.94. The number of anilines is 1. The van der Waals surface area contributed by atoms with Crippen molar-refractivity contribution in [1.29, 1.82) is 0 Å². The van der Waals surface area contributed by atoms with Gasteiger partial charge >= 0.3 is 0 Å². The fraction of sp³-hybridized carbons (Fsp3) is 0.667. The minimum Gasteiger partial charge on any atom is -0.385 e. The molecule has 0 amide bonds. The first kappa shape index (κ1) is 14.9. The van der Waals surface area contributed by atoms with Crippen LogP contribution < -0.4 is 5.32 Å². The zero-order valence-corrected chi connectivity index (χ0v) is 13.5. The Hall–Kier alpha value is -1.06. The van der Waals surface area contributed by atoms with E-state index in [9.17, 15) is 0 Å². The van der Waals surface area contributed by atoms with E-state index in [-0.39, 0.29) is 0 Å². The molecule has 3 rings (SSSR count). The van der Waals surface area contributed by atoms with Crippen LogP contribution in [-0.4, -0.2) is 55.6 Å². The molecule has 2 unspecified atom stereocenters. The van der Waals surface area contributed by atoms with E-state index < -0.39 is 0 Å². The van der Waals surface area contributed by atoms with Crippen LogP contribution in [0.3, 0.4) is 0 Å². The third-order valence-electron chi connectivity index (χ3n) is 5.16. The van der Waals surface area contributed by atoms with Gasteiger partial charge in [-0.05, 0) is 51.0 Å². The number of para-hydroxylation sites is 1. The van der Waals surface area contributed by atoms with Crippen molar-refractivity contribution in [3.63, 3.8) is 0 Å². The lowest BCUT2D eigenvalue weighted by Gasteiger charge is -2.35. The van der Waals surface area contributed by atoms with Crippen molar-refractivity contribution in [3.8, 4) is 0 Å². The summed E-state index contributed by atoms with van der Waals surface area (Å²) in [6, 6.07) is 9.60. The first-order valence-corrected chi connectivity index (χ1v) is 8.53. The molecule has 0 bridgehead atoms. The average molecular weight is 287 g/mol. The molecule has 116 valence electrons. The molecule has 0 aliphatic carbocycles. The SMILES string of the molecule is CCC1CN(C)CCCN1CC1CCNc2ccccc21. The Bertz CT molecular complexity index is 460. The molecule has 3 heteroatoms. The number of nitrogens with zero attached hydrogens (tertiary/aromatic N) is 2. The maximum atomic E-state index is 3.55. The van der Waals surface area contributed by atoms with Crippen LogP contribution in [0.5, 0.6) is 0 Å². The van der Waals surface area contributed by atoms with Crippen molar-refractivity contribution in [2.75, 3.05) is 45.1 Å². The van der Waals surface area contributed by atoms with E-state index >= 15 is 0 Å². The van der Waals surface area contributed by atoms with Gasteiger partial charge in [-0.15, -0.1) is 0 Å². The van der Waals surface area contributed by atoms with Gasteiger partial charge in [-0.2, -0.15) is 0 Å². The Morgan fingerprint density at radius 3 is 2.95 bits per heavy atom. The number of hydrogen-bond donors (Lipinski definition) is 1. The molecule has 1 aromatic carbocycles. The minimum absolute atomic E-state index is 0.694. The zero-order valence-electron chi connectivity index (χ0n) is 13.5. The number of likely N-dealkylation sites (N-methyl/N-ethyl adjacent to an activating group) is 1. The second-order valence-corrected chi connectivity index (χ2v) is 6.67. The van der Waals surface area contributed by atoms with Crippen molar-refractivity contribution in [2.24, 2.45) is 0 Å². The van der Waals surface area contributed by atoms with Crippen LogP contribution in [0.15, 0.2) is 24.3 Å². The third-order valence-corrected chi connectivity index (χ3v) is 5.16. The van der Waals surface area contributed by atoms with Crippen LogP contribution in [0.25, 0.3) is 0 Å². The quantitative estimate of drug-likeness (QED) is 0.922. The molecule has 1 N–H and O–H groups in total. The maximum Gasteiger partial charge on any atom is 0.0376 e. The lowest BCUT2D eigenvalue weighted by Crippen LogP contribution is -2.42. The van der Waals surface area contributed by atoms with Gasteiger partial charge in [-0.3, -0.25) is 4.90 Å². The number of fused-ring (bicyclic) bond motifs is 1. The highest BCUT2D eigenvalue weighted by Crippen LogP contribution is 2.32. The van der Waals surface area contributed by atoms with Gasteiger partial charge in [0.2, 0.25) is 0 Å². The van der Waals surface area contributed by atoms with Crippen LogP contribution in [-0.2, 0) is 0 Å². The summed E-state index contributed by atoms with van der Waals surface area (Å²) in [5.41, 5.74) is 2.88. The van der Waals surface area contributed by atoms with Crippen molar-refractivity contribution in [1.82, 2.24) is 9.80 Å². The number of hydrogen-bond acceptors (Lipinski definition) is 3. The summed E-state index contributed by atoms with van der Waals surface area (Å²) in [4.78, 5) is 5.26. The molecule has 0 aromatic heterocycles. The van der Waals surface area contributed by atoms with Gasteiger partial charge in [0.05, 0.1) is 0 Å². The lowest BCUT2D eigenvalue weighted by molar-refractivity contribution is 0.171. The fourth-order valence-electron chi connectivity index (χ4n) is 3.94. The summed E-state index contributed by atoms with van der Waals surface area (Å²) in [6.45, 7) is 8.42. The molecule has 21 heavy (non-hydrogen) atoms. The third kappa shape index (κ3) is 3.41. The van der Waals surface area contributed by atoms with Crippen molar-refractivity contribution >= 4 is 5.69 Å². The summed E-state index contributed by atoms with van der Waals surface area (Å²) in [5, 5.41) is 3.55. The standard InChI is InChI=1S/C18H29N3/c1-3-16-14-20(2)11-6-12-21(16)13-15-9-10-19-18-8-5-4-7-17(15)18/h4-5,7-8,15-16,19H,3,6,9-14H2,1-2H3. The van der Waals surface area contributed by atoms with Crippen LogP contribution in [0, 0.1) is 0 Å². The molecule has 0 spiro atoms. The Kier molecular flexibility index (Phi) is 4.81.